The van der Waals surface area contributed by atoms with Crippen LogP contribution in [0.3, 0.4) is 0 Å². The molecule has 7 heteroatoms. The Morgan fingerprint density at radius 1 is 1.14 bits per heavy atom. The van der Waals surface area contributed by atoms with Crippen molar-refractivity contribution in [3.05, 3.63) is 52.0 Å². The number of nitrogens with one attached hydrogen (secondary N) is 2. The summed E-state index contributed by atoms with van der Waals surface area (Å²) in [6.07, 6.45) is 0. The van der Waals surface area contributed by atoms with Crippen LogP contribution in [0.5, 0.6) is 11.5 Å². The number of methoxy groups -OCH3 is 1. The normalized spacial score (nSPS) is 10.8. The first-order valence-electron chi connectivity index (χ1n) is 9.11. The van der Waals surface area contributed by atoms with Crippen LogP contribution in [-0.2, 0) is 11.3 Å². The van der Waals surface area contributed by atoms with Crippen LogP contribution >= 0.6 is 15.9 Å². The highest BCUT2D eigenvalue weighted by molar-refractivity contribution is 9.10. The number of amides is 1. The van der Waals surface area contributed by atoms with E-state index in [0.717, 1.165) is 34.4 Å². The Labute approximate surface area is 175 Å². The SMILES string of the molecule is COc1ccc(Br)c(CNCCN(C)C)c1OCC(=O)Nc1ccc(C)cc1. The molecule has 1 amide bonds. The highest BCUT2D eigenvalue weighted by atomic mass is 79.9. The van der Waals surface area contributed by atoms with Crippen molar-refractivity contribution in [1.82, 2.24) is 10.2 Å². The van der Waals surface area contributed by atoms with Crippen LogP contribution in [-0.4, -0.2) is 51.7 Å². The Hall–Kier alpha value is -2.09. The predicted molar refractivity (Wildman–Crippen MR) is 116 cm³/mol. The molecule has 2 aromatic rings. The fraction of sp³-hybridized carbons (Fsp3) is 0.381. The van der Waals surface area contributed by atoms with Gasteiger partial charge in [0, 0.05) is 35.4 Å². The molecule has 0 radical (unpaired) electrons. The van der Waals surface area contributed by atoms with Crippen LogP contribution in [0.1, 0.15) is 11.1 Å². The highest BCUT2D eigenvalue weighted by Gasteiger charge is 2.16. The average molecular weight is 450 g/mol. The van der Waals surface area contributed by atoms with Crippen LogP contribution in [0.4, 0.5) is 5.69 Å². The number of anilines is 1. The van der Waals surface area contributed by atoms with E-state index in [0.29, 0.717) is 18.0 Å². The quantitative estimate of drug-likeness (QED) is 0.544. The average Bonchev–Trinajstić information content (AvgIpc) is 2.66. The molecule has 2 rings (SSSR count). The molecule has 0 saturated heterocycles. The first kappa shape index (κ1) is 22.2. The van der Waals surface area contributed by atoms with E-state index in [2.05, 4.69) is 31.5 Å². The third-order valence-corrected chi connectivity index (χ3v) is 4.85. The molecule has 0 heterocycles. The van der Waals surface area contributed by atoms with E-state index in [1.54, 1.807) is 7.11 Å². The van der Waals surface area contributed by atoms with Gasteiger partial charge in [-0.3, -0.25) is 4.79 Å². The highest BCUT2D eigenvalue weighted by Crippen LogP contribution is 2.36. The van der Waals surface area contributed by atoms with E-state index in [-0.39, 0.29) is 12.5 Å². The van der Waals surface area contributed by atoms with Gasteiger partial charge in [-0.2, -0.15) is 0 Å². The fourth-order valence-corrected chi connectivity index (χ4v) is 3.01. The molecule has 0 aliphatic rings. The van der Waals surface area contributed by atoms with Crippen molar-refractivity contribution in [2.45, 2.75) is 13.5 Å². The summed E-state index contributed by atoms with van der Waals surface area (Å²) in [7, 11) is 5.65. The van der Waals surface area contributed by atoms with Gasteiger partial charge in [0.15, 0.2) is 18.1 Å². The maximum Gasteiger partial charge on any atom is 0.262 e. The molecule has 152 valence electrons. The summed E-state index contributed by atoms with van der Waals surface area (Å²) in [4.78, 5) is 14.4. The lowest BCUT2D eigenvalue weighted by molar-refractivity contribution is -0.118. The molecule has 0 bridgehead atoms. The Bertz CT molecular complexity index is 779. The molecule has 0 aliphatic heterocycles. The molecule has 0 fully saturated rings. The second-order valence-corrected chi connectivity index (χ2v) is 7.59. The molecule has 0 unspecified atom stereocenters. The van der Waals surface area contributed by atoms with E-state index in [1.807, 2.05) is 57.4 Å². The molecule has 0 aliphatic carbocycles. The largest absolute Gasteiger partial charge is 0.493 e. The van der Waals surface area contributed by atoms with Gasteiger partial charge in [-0.15, -0.1) is 0 Å². The third kappa shape index (κ3) is 6.82. The van der Waals surface area contributed by atoms with Crippen molar-refractivity contribution < 1.29 is 14.3 Å². The molecule has 0 saturated carbocycles. The van der Waals surface area contributed by atoms with Crippen molar-refractivity contribution >= 4 is 27.5 Å². The number of nitrogens with zero attached hydrogens (tertiary/aromatic N) is 1. The molecule has 0 atom stereocenters. The minimum Gasteiger partial charge on any atom is -0.493 e. The lowest BCUT2D eigenvalue weighted by atomic mass is 10.2. The second-order valence-electron chi connectivity index (χ2n) is 6.74. The van der Waals surface area contributed by atoms with Gasteiger partial charge in [0.25, 0.3) is 5.91 Å². The maximum atomic E-state index is 12.3. The molecular formula is C21H28BrN3O3. The van der Waals surface area contributed by atoms with Gasteiger partial charge in [0.1, 0.15) is 0 Å². The zero-order valence-electron chi connectivity index (χ0n) is 16.8. The zero-order chi connectivity index (χ0) is 20.5. The number of aryl methyl sites for hydroxylation is 1. The summed E-state index contributed by atoms with van der Waals surface area (Å²) in [6, 6.07) is 11.4. The maximum absolute atomic E-state index is 12.3. The van der Waals surface area contributed by atoms with Crippen LogP contribution < -0.4 is 20.1 Å². The van der Waals surface area contributed by atoms with Crippen molar-refractivity contribution in [3.8, 4) is 11.5 Å². The first-order chi connectivity index (χ1) is 13.4. The fourth-order valence-electron chi connectivity index (χ4n) is 2.55. The molecule has 2 N–H and O–H groups in total. The minimum atomic E-state index is -0.225. The molecule has 2 aromatic carbocycles. The van der Waals surface area contributed by atoms with Crippen molar-refractivity contribution in [3.63, 3.8) is 0 Å². The smallest absolute Gasteiger partial charge is 0.262 e. The number of carbonyl (C=O) groups is 1. The minimum absolute atomic E-state index is 0.106. The lowest BCUT2D eigenvalue weighted by Gasteiger charge is -2.17. The van der Waals surface area contributed by atoms with E-state index >= 15 is 0 Å². The molecule has 6 nitrogen and oxygen atoms in total. The van der Waals surface area contributed by atoms with Crippen LogP contribution in [0, 0.1) is 6.92 Å². The van der Waals surface area contributed by atoms with Gasteiger partial charge in [-0.1, -0.05) is 33.6 Å². The summed E-state index contributed by atoms with van der Waals surface area (Å²) < 4.78 is 12.2. The van der Waals surface area contributed by atoms with E-state index < -0.39 is 0 Å². The van der Waals surface area contributed by atoms with Gasteiger partial charge >= 0.3 is 0 Å². The molecule has 0 spiro atoms. The van der Waals surface area contributed by atoms with Crippen LogP contribution in [0.15, 0.2) is 40.9 Å². The van der Waals surface area contributed by atoms with Crippen molar-refractivity contribution in [2.24, 2.45) is 0 Å². The second kappa shape index (κ2) is 11.0. The predicted octanol–water partition coefficient (Wildman–Crippen LogP) is 3.43. The number of ether oxygens (including phenoxy) is 2. The standard InChI is InChI=1S/C21H28BrN3O3/c1-15-5-7-16(8-6-15)24-20(26)14-28-21-17(13-23-11-12-25(2)3)18(22)9-10-19(21)27-4/h5-10,23H,11-14H2,1-4H3,(H,24,26). The Morgan fingerprint density at radius 2 is 1.86 bits per heavy atom. The number of likely N-dealkylation sites (N-methyl/N-ethyl adjacent to an activating group) is 1. The van der Waals surface area contributed by atoms with Gasteiger partial charge < -0.3 is 25.0 Å². The summed E-state index contributed by atoms with van der Waals surface area (Å²) in [6.45, 7) is 4.26. The van der Waals surface area contributed by atoms with E-state index in [4.69, 9.17) is 9.47 Å². The number of carbonyl (C=O) groups excluding carboxylic acids is 1. The van der Waals surface area contributed by atoms with Gasteiger partial charge in [0.05, 0.1) is 7.11 Å². The molecule has 0 aromatic heterocycles. The summed E-state index contributed by atoms with van der Waals surface area (Å²) in [5.74, 6) is 0.932. The van der Waals surface area contributed by atoms with E-state index in [1.165, 1.54) is 0 Å². The Balaban J connectivity index is 2.04. The number of benzene rings is 2. The third-order valence-electron chi connectivity index (χ3n) is 4.11. The van der Waals surface area contributed by atoms with E-state index in [9.17, 15) is 4.79 Å². The summed E-state index contributed by atoms with van der Waals surface area (Å²) >= 11 is 3.57. The van der Waals surface area contributed by atoms with Gasteiger partial charge in [-0.25, -0.2) is 0 Å². The number of hydrogen-bond donors (Lipinski definition) is 2. The Kier molecular flexibility index (Phi) is 8.76. The van der Waals surface area contributed by atoms with Crippen molar-refractivity contribution in [1.29, 1.82) is 0 Å². The monoisotopic (exact) mass is 449 g/mol. The van der Waals surface area contributed by atoms with Gasteiger partial charge in [0.2, 0.25) is 0 Å². The summed E-state index contributed by atoms with van der Waals surface area (Å²) in [5.41, 5.74) is 2.80. The van der Waals surface area contributed by atoms with Crippen molar-refractivity contribution in [2.75, 3.05) is 46.2 Å². The number of rotatable bonds is 10. The molecular weight excluding hydrogens is 422 g/mol. The molecule has 28 heavy (non-hydrogen) atoms. The lowest BCUT2D eigenvalue weighted by Crippen LogP contribution is -2.27. The van der Waals surface area contributed by atoms with Crippen LogP contribution in [0.25, 0.3) is 0 Å². The zero-order valence-corrected chi connectivity index (χ0v) is 18.4. The Morgan fingerprint density at radius 3 is 2.50 bits per heavy atom. The number of hydrogen-bond acceptors (Lipinski definition) is 5. The topological polar surface area (TPSA) is 62.8 Å². The van der Waals surface area contributed by atoms with Gasteiger partial charge in [-0.05, 0) is 45.3 Å². The first-order valence-corrected chi connectivity index (χ1v) is 9.90. The number of halogens is 1. The summed E-state index contributed by atoms with van der Waals surface area (Å²) in [5, 5.41) is 6.23. The van der Waals surface area contributed by atoms with Crippen LogP contribution in [0.2, 0.25) is 0 Å².